The fourth-order valence-corrected chi connectivity index (χ4v) is 5.38. The summed E-state index contributed by atoms with van der Waals surface area (Å²) in [6.07, 6.45) is 2.61. The maximum absolute atomic E-state index is 13.6. The molecule has 0 bridgehead atoms. The van der Waals surface area contributed by atoms with E-state index in [9.17, 15) is 14.4 Å². The number of rotatable bonds is 4. The van der Waals surface area contributed by atoms with Crippen LogP contribution in [0, 0.1) is 0 Å². The van der Waals surface area contributed by atoms with Gasteiger partial charge in [-0.2, -0.15) is 5.10 Å². The molecule has 2 aromatic rings. The summed E-state index contributed by atoms with van der Waals surface area (Å²) >= 11 is 0. The summed E-state index contributed by atoms with van der Waals surface area (Å²) in [7, 11) is 1.58. The topological polar surface area (TPSA) is 82.1 Å². The zero-order valence-electron chi connectivity index (χ0n) is 18.1. The SMILES string of the molecule is CN1N=C(C(=O)N2CC[C@]3(C(=O)Nc4ccccc43)[C@@H]2CCc2ccccc2)CCC1=O. The van der Waals surface area contributed by atoms with Gasteiger partial charge in [-0.25, -0.2) is 5.01 Å². The van der Waals surface area contributed by atoms with Crippen molar-refractivity contribution in [3.05, 3.63) is 65.7 Å². The van der Waals surface area contributed by atoms with E-state index in [0.29, 0.717) is 31.5 Å². The van der Waals surface area contributed by atoms with Crippen molar-refractivity contribution in [2.45, 2.75) is 43.6 Å². The molecule has 3 aliphatic heterocycles. The number of nitrogens with zero attached hydrogens (tertiary/aromatic N) is 3. The Kier molecular flexibility index (Phi) is 5.04. The number of hydrogen-bond donors (Lipinski definition) is 1. The lowest BCUT2D eigenvalue weighted by Crippen LogP contribution is -2.51. The highest BCUT2D eigenvalue weighted by Gasteiger charge is 2.58. The van der Waals surface area contributed by atoms with Gasteiger partial charge in [0.25, 0.3) is 5.91 Å². The predicted molar refractivity (Wildman–Crippen MR) is 121 cm³/mol. The minimum atomic E-state index is -0.766. The molecule has 2 aromatic carbocycles. The van der Waals surface area contributed by atoms with Crippen LogP contribution in [0.1, 0.15) is 36.8 Å². The van der Waals surface area contributed by atoms with E-state index in [4.69, 9.17) is 0 Å². The monoisotopic (exact) mass is 430 g/mol. The van der Waals surface area contributed by atoms with Crippen molar-refractivity contribution in [3.8, 4) is 0 Å². The van der Waals surface area contributed by atoms with Gasteiger partial charge in [-0.05, 0) is 36.5 Å². The van der Waals surface area contributed by atoms with Crippen molar-refractivity contribution in [1.29, 1.82) is 0 Å². The first-order chi connectivity index (χ1) is 15.5. The van der Waals surface area contributed by atoms with Gasteiger partial charge in [0.05, 0.1) is 11.5 Å². The number of benzene rings is 2. The average Bonchev–Trinajstić information content (AvgIpc) is 3.33. The van der Waals surface area contributed by atoms with Crippen molar-refractivity contribution >= 4 is 29.1 Å². The van der Waals surface area contributed by atoms with E-state index in [0.717, 1.165) is 17.7 Å². The van der Waals surface area contributed by atoms with E-state index in [1.54, 1.807) is 7.05 Å². The van der Waals surface area contributed by atoms with Crippen LogP contribution in [0.5, 0.6) is 0 Å². The molecule has 164 valence electrons. The summed E-state index contributed by atoms with van der Waals surface area (Å²) in [5, 5.41) is 8.55. The second kappa shape index (κ2) is 7.89. The number of aryl methyl sites for hydroxylation is 1. The Morgan fingerprint density at radius 3 is 2.62 bits per heavy atom. The Balaban J connectivity index is 1.51. The summed E-state index contributed by atoms with van der Waals surface area (Å²) in [5.74, 6) is -0.300. The lowest BCUT2D eigenvalue weighted by Gasteiger charge is -2.35. The molecule has 3 heterocycles. The number of carbonyl (C=O) groups excluding carboxylic acids is 3. The van der Waals surface area contributed by atoms with Crippen LogP contribution in [-0.4, -0.2) is 53.0 Å². The van der Waals surface area contributed by atoms with Gasteiger partial charge >= 0.3 is 0 Å². The third kappa shape index (κ3) is 3.20. The Hall–Kier alpha value is -3.48. The Labute approximate surface area is 187 Å². The number of anilines is 1. The fraction of sp³-hybridized carbons (Fsp3) is 0.360. The van der Waals surface area contributed by atoms with E-state index in [-0.39, 0.29) is 30.2 Å². The van der Waals surface area contributed by atoms with Crippen molar-refractivity contribution in [2.24, 2.45) is 5.10 Å². The van der Waals surface area contributed by atoms with Crippen LogP contribution in [0.4, 0.5) is 5.69 Å². The molecule has 1 N–H and O–H groups in total. The van der Waals surface area contributed by atoms with Crippen molar-refractivity contribution in [3.63, 3.8) is 0 Å². The number of amides is 3. The molecular formula is C25H26N4O3. The number of hydrogen-bond acceptors (Lipinski definition) is 4. The molecule has 5 rings (SSSR count). The second-order valence-electron chi connectivity index (χ2n) is 8.72. The molecule has 32 heavy (non-hydrogen) atoms. The molecule has 0 aliphatic carbocycles. The van der Waals surface area contributed by atoms with Gasteiger partial charge in [0.15, 0.2) is 0 Å². The number of likely N-dealkylation sites (tertiary alicyclic amines) is 1. The molecule has 7 nitrogen and oxygen atoms in total. The largest absolute Gasteiger partial charge is 0.333 e. The van der Waals surface area contributed by atoms with Gasteiger partial charge in [0.1, 0.15) is 5.71 Å². The maximum Gasteiger partial charge on any atom is 0.270 e. The van der Waals surface area contributed by atoms with Gasteiger partial charge in [0.2, 0.25) is 11.8 Å². The van der Waals surface area contributed by atoms with E-state index < -0.39 is 5.41 Å². The first kappa shape index (κ1) is 20.4. The third-order valence-corrected chi connectivity index (χ3v) is 7.02. The number of para-hydroxylation sites is 1. The molecule has 3 aliphatic rings. The third-order valence-electron chi connectivity index (χ3n) is 7.02. The van der Waals surface area contributed by atoms with Gasteiger partial charge in [-0.3, -0.25) is 14.4 Å². The second-order valence-corrected chi connectivity index (χ2v) is 8.72. The lowest BCUT2D eigenvalue weighted by atomic mass is 9.73. The molecule has 1 fully saturated rings. The smallest absolute Gasteiger partial charge is 0.270 e. The molecule has 2 atom stereocenters. The van der Waals surface area contributed by atoms with E-state index in [2.05, 4.69) is 22.6 Å². The highest BCUT2D eigenvalue weighted by atomic mass is 16.2. The minimum Gasteiger partial charge on any atom is -0.333 e. The summed E-state index contributed by atoms with van der Waals surface area (Å²) < 4.78 is 0. The number of nitrogens with one attached hydrogen (secondary N) is 1. The molecule has 3 amide bonds. The van der Waals surface area contributed by atoms with Gasteiger partial charge in [-0.15, -0.1) is 0 Å². The number of fused-ring (bicyclic) bond motifs is 2. The molecule has 1 spiro atoms. The summed E-state index contributed by atoms with van der Waals surface area (Å²) in [4.78, 5) is 40.6. The molecule has 0 aromatic heterocycles. The molecule has 0 unspecified atom stereocenters. The molecule has 7 heteroatoms. The minimum absolute atomic E-state index is 0.0371. The first-order valence-electron chi connectivity index (χ1n) is 11.1. The van der Waals surface area contributed by atoms with Gasteiger partial charge in [0, 0.05) is 32.1 Å². The van der Waals surface area contributed by atoms with Gasteiger partial charge < -0.3 is 10.2 Å². The van der Waals surface area contributed by atoms with E-state index >= 15 is 0 Å². The molecular weight excluding hydrogens is 404 g/mol. The lowest BCUT2D eigenvalue weighted by molar-refractivity contribution is -0.131. The number of hydrazone groups is 1. The fourth-order valence-electron chi connectivity index (χ4n) is 5.38. The van der Waals surface area contributed by atoms with E-state index in [1.807, 2.05) is 47.4 Å². The van der Waals surface area contributed by atoms with Crippen LogP contribution in [0.15, 0.2) is 59.7 Å². The van der Waals surface area contributed by atoms with Crippen molar-refractivity contribution < 1.29 is 14.4 Å². The molecule has 1 saturated heterocycles. The van der Waals surface area contributed by atoms with E-state index in [1.165, 1.54) is 10.6 Å². The molecule has 0 saturated carbocycles. The highest BCUT2D eigenvalue weighted by molar-refractivity contribution is 6.39. The highest BCUT2D eigenvalue weighted by Crippen LogP contribution is 2.49. The summed E-state index contributed by atoms with van der Waals surface area (Å²) in [6.45, 7) is 0.483. The van der Waals surface area contributed by atoms with Crippen molar-refractivity contribution in [1.82, 2.24) is 9.91 Å². The number of carbonyl (C=O) groups is 3. The zero-order chi connectivity index (χ0) is 22.3. The van der Waals surface area contributed by atoms with Crippen LogP contribution in [0.25, 0.3) is 0 Å². The van der Waals surface area contributed by atoms with Gasteiger partial charge in [-0.1, -0.05) is 48.5 Å². The van der Waals surface area contributed by atoms with Crippen molar-refractivity contribution in [2.75, 3.05) is 18.9 Å². The zero-order valence-corrected chi connectivity index (χ0v) is 18.1. The van der Waals surface area contributed by atoms with Crippen LogP contribution in [-0.2, 0) is 26.2 Å². The van der Waals surface area contributed by atoms with Crippen LogP contribution < -0.4 is 5.32 Å². The quantitative estimate of drug-likeness (QED) is 0.810. The standard InChI is InChI=1S/C25H26N4O3/c1-28-22(30)14-12-20(27-28)23(31)29-16-15-25(18-9-5-6-10-19(18)26-24(25)32)21(29)13-11-17-7-3-2-4-8-17/h2-10,21H,11-16H2,1H3,(H,26,32)/t21-,25+/m0/s1. The maximum atomic E-state index is 13.6. The first-order valence-corrected chi connectivity index (χ1v) is 11.1. The molecule has 0 radical (unpaired) electrons. The Morgan fingerprint density at radius 1 is 1.09 bits per heavy atom. The summed E-state index contributed by atoms with van der Waals surface area (Å²) in [6, 6.07) is 17.6. The normalized spacial score (nSPS) is 24.5. The van der Waals surface area contributed by atoms with Crippen LogP contribution in [0.2, 0.25) is 0 Å². The Bertz CT molecular complexity index is 1110. The average molecular weight is 431 g/mol. The Morgan fingerprint density at radius 2 is 1.84 bits per heavy atom. The van der Waals surface area contributed by atoms with Crippen LogP contribution >= 0.6 is 0 Å². The summed E-state index contributed by atoms with van der Waals surface area (Å²) in [5.41, 5.74) is 2.60. The predicted octanol–water partition coefficient (Wildman–Crippen LogP) is 2.72. The van der Waals surface area contributed by atoms with Crippen LogP contribution in [0.3, 0.4) is 0 Å².